The summed E-state index contributed by atoms with van der Waals surface area (Å²) in [5, 5.41) is 0. The Labute approximate surface area is 96.9 Å². The second kappa shape index (κ2) is 5.50. The molecule has 0 bridgehead atoms. The van der Waals surface area contributed by atoms with Crippen molar-refractivity contribution in [2.24, 2.45) is 0 Å². The highest BCUT2D eigenvalue weighted by molar-refractivity contribution is 5.96. The van der Waals surface area contributed by atoms with Crippen molar-refractivity contribution in [3.8, 4) is 0 Å². The highest BCUT2D eigenvalue weighted by Gasteiger charge is 2.09. The Balaban J connectivity index is 3.03. The van der Waals surface area contributed by atoms with E-state index in [0.717, 1.165) is 11.1 Å². The van der Waals surface area contributed by atoms with Crippen molar-refractivity contribution in [3.05, 3.63) is 41.0 Å². The number of esters is 1. The summed E-state index contributed by atoms with van der Waals surface area (Å²) < 4.78 is 4.98. The molecule has 2 heteroatoms. The Morgan fingerprint density at radius 3 is 2.56 bits per heavy atom. The first kappa shape index (κ1) is 12.5. The highest BCUT2D eigenvalue weighted by Crippen LogP contribution is 2.19. The zero-order valence-electron chi connectivity index (χ0n) is 10.3. The van der Waals surface area contributed by atoms with E-state index in [0.29, 0.717) is 12.2 Å². The van der Waals surface area contributed by atoms with Crippen LogP contribution >= 0.6 is 0 Å². The van der Waals surface area contributed by atoms with Crippen LogP contribution in [0.1, 0.15) is 31.9 Å². The first-order valence-corrected chi connectivity index (χ1v) is 5.48. The molecule has 0 saturated heterocycles. The van der Waals surface area contributed by atoms with Crippen LogP contribution in [0.2, 0.25) is 0 Å². The molecule has 0 amide bonds. The predicted molar refractivity (Wildman–Crippen MR) is 66.1 cm³/mol. The molecule has 0 aromatic heterocycles. The normalized spacial score (nSPS) is 12.0. The summed E-state index contributed by atoms with van der Waals surface area (Å²) >= 11 is 0. The molecule has 0 aliphatic rings. The number of aryl methyl sites for hydroxylation is 1. The number of carbonyl (C=O) groups is 1. The van der Waals surface area contributed by atoms with Crippen molar-refractivity contribution >= 4 is 11.5 Å². The maximum Gasteiger partial charge on any atom is 0.333 e. The Hall–Kier alpha value is -1.57. The van der Waals surface area contributed by atoms with E-state index in [9.17, 15) is 4.79 Å². The minimum absolute atomic E-state index is 0.235. The maximum atomic E-state index is 11.6. The molecule has 0 radical (unpaired) electrons. The Morgan fingerprint density at radius 2 is 2.00 bits per heavy atom. The topological polar surface area (TPSA) is 26.3 Å². The van der Waals surface area contributed by atoms with Crippen LogP contribution in [-0.4, -0.2) is 12.6 Å². The lowest BCUT2D eigenvalue weighted by atomic mass is 10.0. The fraction of sp³-hybridized carbons (Fsp3) is 0.357. The van der Waals surface area contributed by atoms with Gasteiger partial charge >= 0.3 is 5.97 Å². The van der Waals surface area contributed by atoms with Gasteiger partial charge in [-0.1, -0.05) is 29.8 Å². The largest absolute Gasteiger partial charge is 0.463 e. The molecular weight excluding hydrogens is 200 g/mol. The van der Waals surface area contributed by atoms with Gasteiger partial charge in [0.25, 0.3) is 0 Å². The van der Waals surface area contributed by atoms with Crippen LogP contribution in [0.5, 0.6) is 0 Å². The van der Waals surface area contributed by atoms with Crippen LogP contribution in [0.4, 0.5) is 0 Å². The van der Waals surface area contributed by atoms with Crippen molar-refractivity contribution in [1.29, 1.82) is 0 Å². The molecule has 0 heterocycles. The molecule has 1 rings (SSSR count). The molecule has 0 fully saturated rings. The third-order valence-electron chi connectivity index (χ3n) is 2.60. The van der Waals surface area contributed by atoms with Crippen LogP contribution in [0, 0.1) is 6.92 Å². The molecule has 0 spiro atoms. The summed E-state index contributed by atoms with van der Waals surface area (Å²) in [5.74, 6) is -0.235. The van der Waals surface area contributed by atoms with E-state index in [1.807, 2.05) is 39.0 Å². The van der Waals surface area contributed by atoms with Gasteiger partial charge in [0, 0.05) is 5.57 Å². The van der Waals surface area contributed by atoms with Gasteiger partial charge in [0.05, 0.1) is 6.61 Å². The zero-order valence-corrected chi connectivity index (χ0v) is 10.3. The molecule has 16 heavy (non-hydrogen) atoms. The Morgan fingerprint density at radius 1 is 1.31 bits per heavy atom. The summed E-state index contributed by atoms with van der Waals surface area (Å²) in [4.78, 5) is 11.6. The Kier molecular flexibility index (Phi) is 4.29. The van der Waals surface area contributed by atoms with Gasteiger partial charge in [-0.05, 0) is 38.8 Å². The third kappa shape index (κ3) is 2.96. The van der Waals surface area contributed by atoms with E-state index < -0.39 is 0 Å². The lowest BCUT2D eigenvalue weighted by molar-refractivity contribution is -0.138. The van der Waals surface area contributed by atoms with Crippen LogP contribution in [0.3, 0.4) is 0 Å². The number of rotatable bonds is 3. The molecule has 1 aromatic rings. The molecular formula is C14H18O2. The SMILES string of the molecule is CCOC(=O)/C(C)=C(\C)c1cccc(C)c1. The second-order valence-electron chi connectivity index (χ2n) is 3.84. The monoisotopic (exact) mass is 218 g/mol. The molecule has 86 valence electrons. The standard InChI is InChI=1S/C14H18O2/c1-5-16-14(15)12(4)11(3)13-8-6-7-10(2)9-13/h6-9H,5H2,1-4H3/b12-11+. The van der Waals surface area contributed by atoms with Crippen molar-refractivity contribution in [1.82, 2.24) is 0 Å². The number of ether oxygens (including phenoxy) is 1. The van der Waals surface area contributed by atoms with Crippen LogP contribution in [0.25, 0.3) is 5.57 Å². The van der Waals surface area contributed by atoms with Crippen molar-refractivity contribution in [3.63, 3.8) is 0 Å². The van der Waals surface area contributed by atoms with E-state index in [1.54, 1.807) is 6.92 Å². The van der Waals surface area contributed by atoms with E-state index in [1.165, 1.54) is 5.56 Å². The van der Waals surface area contributed by atoms with Crippen molar-refractivity contribution in [2.75, 3.05) is 6.61 Å². The first-order chi connectivity index (χ1) is 7.56. The fourth-order valence-corrected chi connectivity index (χ4v) is 1.49. The maximum absolute atomic E-state index is 11.6. The predicted octanol–water partition coefficient (Wildman–Crippen LogP) is 3.35. The molecule has 0 saturated carbocycles. The van der Waals surface area contributed by atoms with Crippen molar-refractivity contribution < 1.29 is 9.53 Å². The van der Waals surface area contributed by atoms with E-state index in [2.05, 4.69) is 6.07 Å². The van der Waals surface area contributed by atoms with Crippen molar-refractivity contribution in [2.45, 2.75) is 27.7 Å². The molecule has 0 N–H and O–H groups in total. The summed E-state index contributed by atoms with van der Waals surface area (Å²) in [6, 6.07) is 8.10. The van der Waals surface area contributed by atoms with Gasteiger partial charge in [0.2, 0.25) is 0 Å². The van der Waals surface area contributed by atoms with Crippen LogP contribution in [-0.2, 0) is 9.53 Å². The average Bonchev–Trinajstić information content (AvgIpc) is 2.27. The molecule has 2 nitrogen and oxygen atoms in total. The van der Waals surface area contributed by atoms with Gasteiger partial charge in [-0.3, -0.25) is 0 Å². The lowest BCUT2D eigenvalue weighted by Crippen LogP contribution is -2.06. The molecule has 0 aliphatic heterocycles. The average molecular weight is 218 g/mol. The summed E-state index contributed by atoms with van der Waals surface area (Å²) in [7, 11) is 0. The second-order valence-corrected chi connectivity index (χ2v) is 3.84. The van der Waals surface area contributed by atoms with Gasteiger partial charge in [0.15, 0.2) is 0 Å². The molecule has 0 unspecified atom stereocenters. The van der Waals surface area contributed by atoms with Gasteiger partial charge in [-0.2, -0.15) is 0 Å². The first-order valence-electron chi connectivity index (χ1n) is 5.48. The van der Waals surface area contributed by atoms with Gasteiger partial charge in [-0.25, -0.2) is 4.79 Å². The van der Waals surface area contributed by atoms with Crippen LogP contribution in [0.15, 0.2) is 29.8 Å². The molecule has 0 atom stereocenters. The number of hydrogen-bond acceptors (Lipinski definition) is 2. The number of carbonyl (C=O) groups excluding carboxylic acids is 1. The number of allylic oxidation sites excluding steroid dienone is 1. The van der Waals surface area contributed by atoms with Crippen LogP contribution < -0.4 is 0 Å². The quantitative estimate of drug-likeness (QED) is 0.574. The smallest absolute Gasteiger partial charge is 0.333 e. The van der Waals surface area contributed by atoms with E-state index in [-0.39, 0.29) is 5.97 Å². The minimum Gasteiger partial charge on any atom is -0.463 e. The minimum atomic E-state index is -0.235. The van der Waals surface area contributed by atoms with Gasteiger partial charge in [0.1, 0.15) is 0 Å². The molecule has 0 aliphatic carbocycles. The van der Waals surface area contributed by atoms with Gasteiger partial charge < -0.3 is 4.74 Å². The summed E-state index contributed by atoms with van der Waals surface area (Å²) in [6.07, 6.45) is 0. The zero-order chi connectivity index (χ0) is 12.1. The van der Waals surface area contributed by atoms with Gasteiger partial charge in [-0.15, -0.1) is 0 Å². The van der Waals surface area contributed by atoms with E-state index >= 15 is 0 Å². The van der Waals surface area contributed by atoms with E-state index in [4.69, 9.17) is 4.74 Å². The summed E-state index contributed by atoms with van der Waals surface area (Å²) in [5.41, 5.74) is 3.91. The summed E-state index contributed by atoms with van der Waals surface area (Å²) in [6.45, 7) is 8.01. The number of benzene rings is 1. The molecule has 1 aromatic carbocycles. The fourth-order valence-electron chi connectivity index (χ4n) is 1.49. The highest BCUT2D eigenvalue weighted by atomic mass is 16.5. The third-order valence-corrected chi connectivity index (χ3v) is 2.60. The Bertz CT molecular complexity index is 416. The number of hydrogen-bond donors (Lipinski definition) is 0. The lowest BCUT2D eigenvalue weighted by Gasteiger charge is -2.08.